The number of fused-ring (bicyclic) bond motifs is 1. The number of rotatable bonds is 6. The van der Waals surface area contributed by atoms with E-state index in [2.05, 4.69) is 21.9 Å². The molecule has 0 saturated heterocycles. The number of hydrogen-bond donors (Lipinski definition) is 1. The van der Waals surface area contributed by atoms with Gasteiger partial charge < -0.3 is 5.32 Å². The van der Waals surface area contributed by atoms with Crippen LogP contribution < -0.4 is 10.9 Å². The molecule has 2 aromatic heterocycles. The Morgan fingerprint density at radius 2 is 2.19 bits per heavy atom. The van der Waals surface area contributed by atoms with Crippen molar-refractivity contribution < 1.29 is 4.79 Å². The van der Waals surface area contributed by atoms with Crippen LogP contribution in [0.2, 0.25) is 5.02 Å². The quantitative estimate of drug-likeness (QED) is 0.399. The molecule has 0 spiro atoms. The monoisotopic (exact) mass is 386 g/mol. The number of aromatic nitrogens is 3. The fraction of sp³-hybridized carbons (Fsp3) is 0.111. The van der Waals surface area contributed by atoms with Crippen molar-refractivity contribution in [2.75, 3.05) is 11.1 Å². The summed E-state index contributed by atoms with van der Waals surface area (Å²) in [6, 6.07) is 10.3. The summed E-state index contributed by atoms with van der Waals surface area (Å²) >= 11 is 7.08. The lowest BCUT2D eigenvalue weighted by Crippen LogP contribution is -2.24. The molecule has 3 aromatic rings. The first kappa shape index (κ1) is 18.2. The molecule has 0 aliphatic carbocycles. The van der Waals surface area contributed by atoms with Crippen molar-refractivity contribution in [3.05, 3.63) is 70.6 Å². The first-order chi connectivity index (χ1) is 12.6. The average molecular weight is 387 g/mol. The van der Waals surface area contributed by atoms with Crippen LogP contribution in [0.3, 0.4) is 0 Å². The van der Waals surface area contributed by atoms with Gasteiger partial charge in [0.05, 0.1) is 11.1 Å². The minimum Gasteiger partial charge on any atom is -0.325 e. The third-order valence-corrected chi connectivity index (χ3v) is 4.66. The zero-order chi connectivity index (χ0) is 18.5. The Labute approximate surface area is 158 Å². The summed E-state index contributed by atoms with van der Waals surface area (Å²) in [6.45, 7) is 3.97. The van der Waals surface area contributed by atoms with E-state index in [1.54, 1.807) is 48.7 Å². The van der Waals surface area contributed by atoms with Gasteiger partial charge in [-0.1, -0.05) is 35.5 Å². The minimum atomic E-state index is -0.224. The topological polar surface area (TPSA) is 76.9 Å². The molecule has 0 aliphatic heterocycles. The van der Waals surface area contributed by atoms with Gasteiger partial charge in [-0.05, 0) is 30.3 Å². The molecular formula is C18H15ClN4O2S. The Morgan fingerprint density at radius 1 is 1.35 bits per heavy atom. The van der Waals surface area contributed by atoms with E-state index in [1.807, 2.05) is 0 Å². The van der Waals surface area contributed by atoms with Crippen LogP contribution in [-0.4, -0.2) is 26.2 Å². The second-order valence-corrected chi connectivity index (χ2v) is 6.70. The summed E-state index contributed by atoms with van der Waals surface area (Å²) in [5, 5.41) is 4.15. The predicted octanol–water partition coefficient (Wildman–Crippen LogP) is 3.36. The van der Waals surface area contributed by atoms with Crippen molar-refractivity contribution in [2.24, 2.45) is 0 Å². The van der Waals surface area contributed by atoms with Gasteiger partial charge in [-0.2, -0.15) is 0 Å². The molecule has 0 unspecified atom stereocenters. The SMILES string of the molecule is C=CCn1c(SCC(=O)Nc2cccc(Cl)c2)nc2ncccc2c1=O. The third kappa shape index (κ3) is 4.12. The molecule has 8 heteroatoms. The molecule has 132 valence electrons. The molecule has 2 heterocycles. The second kappa shape index (κ2) is 8.16. The van der Waals surface area contributed by atoms with Crippen molar-refractivity contribution in [3.8, 4) is 0 Å². The van der Waals surface area contributed by atoms with Crippen LogP contribution in [0.25, 0.3) is 11.0 Å². The Kier molecular flexibility index (Phi) is 5.70. The van der Waals surface area contributed by atoms with Gasteiger partial charge in [-0.25, -0.2) is 9.97 Å². The summed E-state index contributed by atoms with van der Waals surface area (Å²) < 4.78 is 1.48. The largest absolute Gasteiger partial charge is 0.325 e. The van der Waals surface area contributed by atoms with E-state index in [0.29, 0.717) is 33.4 Å². The smallest absolute Gasteiger partial charge is 0.263 e. The van der Waals surface area contributed by atoms with Crippen molar-refractivity contribution in [1.29, 1.82) is 0 Å². The Bertz CT molecular complexity index is 1040. The number of nitrogens with one attached hydrogen (secondary N) is 1. The van der Waals surface area contributed by atoms with Gasteiger partial charge in [-0.15, -0.1) is 6.58 Å². The van der Waals surface area contributed by atoms with Gasteiger partial charge in [0.15, 0.2) is 10.8 Å². The van der Waals surface area contributed by atoms with Crippen LogP contribution in [0.1, 0.15) is 0 Å². The molecule has 0 aliphatic rings. The number of halogens is 1. The summed E-state index contributed by atoms with van der Waals surface area (Å²) in [7, 11) is 0. The van der Waals surface area contributed by atoms with Crippen molar-refractivity contribution in [3.63, 3.8) is 0 Å². The zero-order valence-corrected chi connectivity index (χ0v) is 15.3. The number of thioether (sulfide) groups is 1. The summed E-state index contributed by atoms with van der Waals surface area (Å²) in [5.41, 5.74) is 0.760. The van der Waals surface area contributed by atoms with Gasteiger partial charge in [0.25, 0.3) is 5.56 Å². The highest BCUT2D eigenvalue weighted by Gasteiger charge is 2.13. The van der Waals surface area contributed by atoms with Crippen molar-refractivity contribution in [1.82, 2.24) is 14.5 Å². The molecule has 1 aromatic carbocycles. The first-order valence-corrected chi connectivity index (χ1v) is 9.09. The molecule has 1 amide bonds. The molecule has 6 nitrogen and oxygen atoms in total. The Hall–Kier alpha value is -2.64. The van der Waals surface area contributed by atoms with E-state index in [9.17, 15) is 9.59 Å². The lowest BCUT2D eigenvalue weighted by Gasteiger charge is -2.11. The highest BCUT2D eigenvalue weighted by atomic mass is 35.5. The number of benzene rings is 1. The van der Waals surface area contributed by atoms with E-state index >= 15 is 0 Å². The molecule has 1 N–H and O–H groups in total. The molecule has 0 bridgehead atoms. The number of carbonyl (C=O) groups excluding carboxylic acids is 1. The van der Waals surface area contributed by atoms with E-state index < -0.39 is 0 Å². The van der Waals surface area contributed by atoms with Crippen molar-refractivity contribution in [2.45, 2.75) is 11.7 Å². The maximum absolute atomic E-state index is 12.6. The summed E-state index contributed by atoms with van der Waals surface area (Å²) in [4.78, 5) is 33.4. The maximum atomic E-state index is 12.6. The van der Waals surface area contributed by atoms with Gasteiger partial charge in [-0.3, -0.25) is 14.2 Å². The highest BCUT2D eigenvalue weighted by molar-refractivity contribution is 7.99. The van der Waals surface area contributed by atoms with E-state index in [1.165, 1.54) is 16.3 Å². The van der Waals surface area contributed by atoms with Crippen LogP contribution in [-0.2, 0) is 11.3 Å². The van der Waals surface area contributed by atoms with Crippen LogP contribution in [0, 0.1) is 0 Å². The van der Waals surface area contributed by atoms with Gasteiger partial charge >= 0.3 is 0 Å². The number of amides is 1. The molecule has 26 heavy (non-hydrogen) atoms. The second-order valence-electron chi connectivity index (χ2n) is 5.32. The predicted molar refractivity (Wildman–Crippen MR) is 105 cm³/mol. The van der Waals surface area contributed by atoms with Crippen LogP contribution in [0.4, 0.5) is 5.69 Å². The lowest BCUT2D eigenvalue weighted by molar-refractivity contribution is -0.113. The first-order valence-electron chi connectivity index (χ1n) is 7.73. The molecule has 0 atom stereocenters. The lowest BCUT2D eigenvalue weighted by atomic mass is 10.3. The van der Waals surface area contributed by atoms with E-state index in [4.69, 9.17) is 11.6 Å². The van der Waals surface area contributed by atoms with E-state index in [0.717, 1.165) is 0 Å². The van der Waals surface area contributed by atoms with Crippen LogP contribution in [0.5, 0.6) is 0 Å². The van der Waals surface area contributed by atoms with Gasteiger partial charge in [0.2, 0.25) is 5.91 Å². The maximum Gasteiger partial charge on any atom is 0.263 e. The third-order valence-electron chi connectivity index (χ3n) is 3.45. The number of hydrogen-bond acceptors (Lipinski definition) is 5. The van der Waals surface area contributed by atoms with Crippen molar-refractivity contribution >= 4 is 46.0 Å². The molecule has 0 saturated carbocycles. The van der Waals surface area contributed by atoms with Gasteiger partial charge in [0.1, 0.15) is 0 Å². The molecule has 3 rings (SSSR count). The highest BCUT2D eigenvalue weighted by Crippen LogP contribution is 2.19. The Balaban J connectivity index is 1.81. The average Bonchev–Trinajstić information content (AvgIpc) is 2.63. The summed E-state index contributed by atoms with van der Waals surface area (Å²) in [5.74, 6) is -0.133. The molecular weight excluding hydrogens is 372 g/mol. The van der Waals surface area contributed by atoms with Gasteiger partial charge in [0, 0.05) is 23.5 Å². The number of nitrogens with zero attached hydrogens (tertiary/aromatic N) is 3. The van der Waals surface area contributed by atoms with E-state index in [-0.39, 0.29) is 17.2 Å². The van der Waals surface area contributed by atoms with Crippen LogP contribution >= 0.6 is 23.4 Å². The standard InChI is InChI=1S/C18H15ClN4O2S/c1-2-9-23-17(25)14-7-4-8-20-16(14)22-18(23)26-11-15(24)21-13-6-3-5-12(19)10-13/h2-8,10H,1,9,11H2,(H,21,24). The fourth-order valence-corrected chi connectivity index (χ4v) is 3.32. The summed E-state index contributed by atoms with van der Waals surface area (Å²) in [6.07, 6.45) is 3.19. The fourth-order valence-electron chi connectivity index (χ4n) is 2.33. The number of pyridine rings is 1. The number of carbonyl (C=O) groups is 1. The number of anilines is 1. The zero-order valence-electron chi connectivity index (χ0n) is 13.7. The minimum absolute atomic E-state index is 0.0917. The van der Waals surface area contributed by atoms with Crippen LogP contribution in [0.15, 0.2) is 65.2 Å². The number of allylic oxidation sites excluding steroid dienone is 1. The molecule has 0 radical (unpaired) electrons. The normalized spacial score (nSPS) is 10.7. The molecule has 0 fully saturated rings. The Morgan fingerprint density at radius 3 is 2.96 bits per heavy atom.